The number of anilines is 1. The zero-order valence-electron chi connectivity index (χ0n) is 13.4. The van der Waals surface area contributed by atoms with Crippen molar-refractivity contribution in [2.24, 2.45) is 0 Å². The van der Waals surface area contributed by atoms with E-state index in [1.807, 2.05) is 20.8 Å². The average molecular weight is 296 g/mol. The Bertz CT molecular complexity index is 489. The fraction of sp³-hybridized carbons (Fsp3) is 0.562. The van der Waals surface area contributed by atoms with Gasteiger partial charge in [-0.2, -0.15) is 0 Å². The van der Waals surface area contributed by atoms with Crippen molar-refractivity contribution >= 4 is 11.6 Å². The lowest BCUT2D eigenvalue weighted by Gasteiger charge is -2.27. The molecule has 1 aromatic rings. The van der Waals surface area contributed by atoms with Gasteiger partial charge in [-0.3, -0.25) is 4.79 Å². The Morgan fingerprint density at radius 1 is 1.43 bits per heavy atom. The lowest BCUT2D eigenvalue weighted by atomic mass is 10.00. The molecule has 1 amide bonds. The summed E-state index contributed by atoms with van der Waals surface area (Å²) in [5, 5.41) is 5.93. The summed E-state index contributed by atoms with van der Waals surface area (Å²) in [6.07, 6.45) is 0.798. The van der Waals surface area contributed by atoms with Gasteiger partial charge in [0.05, 0.1) is 12.1 Å². The maximum Gasteiger partial charge on any atom is 0.238 e. The number of hydrogen-bond donors (Lipinski definition) is 2. The minimum absolute atomic E-state index is 0.146. The number of carbonyl (C=O) groups excluding carboxylic acids is 1. The second-order valence-electron chi connectivity index (χ2n) is 5.96. The molecule has 0 aliphatic carbocycles. The van der Waals surface area contributed by atoms with E-state index < -0.39 is 0 Å². The van der Waals surface area contributed by atoms with Gasteiger partial charge in [0.15, 0.2) is 0 Å². The summed E-state index contributed by atoms with van der Waals surface area (Å²) in [7, 11) is 1.68. The SMILES string of the molecule is COC(C)(C)C[C@H](C)NCC(=O)Nc1ccc(F)cc1C. The number of ether oxygens (including phenoxy) is 1. The highest BCUT2D eigenvalue weighted by atomic mass is 19.1. The van der Waals surface area contributed by atoms with Crippen LogP contribution in [-0.2, 0) is 9.53 Å². The predicted octanol–water partition coefficient (Wildman–Crippen LogP) is 2.87. The Labute approximate surface area is 126 Å². The molecule has 0 bridgehead atoms. The summed E-state index contributed by atoms with van der Waals surface area (Å²) < 4.78 is 18.4. The fourth-order valence-corrected chi connectivity index (χ4v) is 2.12. The molecular formula is C16H25FN2O2. The summed E-state index contributed by atoms with van der Waals surface area (Å²) in [5.74, 6) is -0.453. The standard InChI is InChI=1S/C16H25FN2O2/c1-11-8-13(17)6-7-14(11)19-15(20)10-18-12(2)9-16(3,4)21-5/h6-8,12,18H,9-10H2,1-5H3,(H,19,20)/t12-/m0/s1. The van der Waals surface area contributed by atoms with Gasteiger partial charge >= 0.3 is 0 Å². The molecule has 0 saturated heterocycles. The van der Waals surface area contributed by atoms with E-state index in [1.54, 1.807) is 20.1 Å². The Morgan fingerprint density at radius 3 is 2.67 bits per heavy atom. The third-order valence-corrected chi connectivity index (χ3v) is 3.42. The number of carbonyl (C=O) groups is 1. The van der Waals surface area contributed by atoms with Gasteiger partial charge in [0, 0.05) is 18.8 Å². The zero-order valence-corrected chi connectivity index (χ0v) is 13.4. The summed E-state index contributed by atoms with van der Waals surface area (Å²) in [5.41, 5.74) is 1.11. The number of halogens is 1. The third kappa shape index (κ3) is 6.23. The number of amides is 1. The Morgan fingerprint density at radius 2 is 2.10 bits per heavy atom. The van der Waals surface area contributed by atoms with Crippen molar-refractivity contribution < 1.29 is 13.9 Å². The first-order valence-corrected chi connectivity index (χ1v) is 7.08. The summed E-state index contributed by atoms with van der Waals surface area (Å²) in [6, 6.07) is 4.45. The van der Waals surface area contributed by atoms with Crippen LogP contribution in [0.4, 0.5) is 10.1 Å². The van der Waals surface area contributed by atoms with Crippen molar-refractivity contribution in [1.29, 1.82) is 0 Å². The maximum absolute atomic E-state index is 13.0. The van der Waals surface area contributed by atoms with Crippen molar-refractivity contribution in [3.63, 3.8) is 0 Å². The number of benzene rings is 1. The van der Waals surface area contributed by atoms with E-state index in [9.17, 15) is 9.18 Å². The quantitative estimate of drug-likeness (QED) is 0.813. The van der Waals surface area contributed by atoms with Crippen LogP contribution in [0, 0.1) is 12.7 Å². The second kappa shape index (κ2) is 7.52. The van der Waals surface area contributed by atoms with E-state index in [1.165, 1.54) is 12.1 Å². The van der Waals surface area contributed by atoms with Gasteiger partial charge in [0.25, 0.3) is 0 Å². The van der Waals surface area contributed by atoms with Crippen LogP contribution in [-0.4, -0.2) is 31.2 Å². The summed E-state index contributed by atoms with van der Waals surface area (Å²) in [4.78, 5) is 11.9. The van der Waals surface area contributed by atoms with E-state index in [0.29, 0.717) is 11.3 Å². The fourth-order valence-electron chi connectivity index (χ4n) is 2.12. The first-order chi connectivity index (χ1) is 9.73. The zero-order chi connectivity index (χ0) is 16.0. The molecule has 0 saturated carbocycles. The number of nitrogens with one attached hydrogen (secondary N) is 2. The number of hydrogen-bond acceptors (Lipinski definition) is 3. The van der Waals surface area contributed by atoms with Crippen LogP contribution in [0.1, 0.15) is 32.8 Å². The van der Waals surface area contributed by atoms with E-state index in [-0.39, 0.29) is 29.9 Å². The summed E-state index contributed by atoms with van der Waals surface area (Å²) in [6.45, 7) is 7.99. The monoisotopic (exact) mass is 296 g/mol. The second-order valence-corrected chi connectivity index (χ2v) is 5.96. The van der Waals surface area contributed by atoms with Crippen LogP contribution in [0.2, 0.25) is 0 Å². The minimum Gasteiger partial charge on any atom is -0.379 e. The number of methoxy groups -OCH3 is 1. The molecule has 2 N–H and O–H groups in total. The van der Waals surface area contributed by atoms with Gasteiger partial charge in [-0.05, 0) is 57.9 Å². The maximum atomic E-state index is 13.0. The van der Waals surface area contributed by atoms with E-state index in [4.69, 9.17) is 4.74 Å². The van der Waals surface area contributed by atoms with E-state index in [2.05, 4.69) is 10.6 Å². The molecule has 0 aromatic heterocycles. The molecule has 5 heteroatoms. The van der Waals surface area contributed by atoms with Gasteiger partial charge in [-0.25, -0.2) is 4.39 Å². The average Bonchev–Trinajstić information content (AvgIpc) is 2.39. The van der Waals surface area contributed by atoms with Gasteiger partial charge in [0.1, 0.15) is 5.82 Å². The highest BCUT2D eigenvalue weighted by molar-refractivity contribution is 5.92. The highest BCUT2D eigenvalue weighted by Gasteiger charge is 2.20. The molecule has 0 fully saturated rings. The topological polar surface area (TPSA) is 50.4 Å². The Hall–Kier alpha value is -1.46. The van der Waals surface area contributed by atoms with Crippen LogP contribution in [0.15, 0.2) is 18.2 Å². The molecule has 0 radical (unpaired) electrons. The largest absolute Gasteiger partial charge is 0.379 e. The van der Waals surface area contributed by atoms with Gasteiger partial charge in [-0.1, -0.05) is 0 Å². The first kappa shape index (κ1) is 17.6. The molecule has 118 valence electrons. The molecular weight excluding hydrogens is 271 g/mol. The first-order valence-electron chi connectivity index (χ1n) is 7.08. The van der Waals surface area contributed by atoms with Gasteiger partial charge in [0.2, 0.25) is 5.91 Å². The van der Waals surface area contributed by atoms with Crippen LogP contribution in [0.3, 0.4) is 0 Å². The lowest BCUT2D eigenvalue weighted by molar-refractivity contribution is -0.115. The Kier molecular flexibility index (Phi) is 6.30. The third-order valence-electron chi connectivity index (χ3n) is 3.42. The lowest BCUT2D eigenvalue weighted by Crippen LogP contribution is -2.39. The molecule has 0 aliphatic heterocycles. The van der Waals surface area contributed by atoms with Crippen molar-refractivity contribution in [3.8, 4) is 0 Å². The molecule has 0 aliphatic rings. The molecule has 1 aromatic carbocycles. The molecule has 1 rings (SSSR count). The van der Waals surface area contributed by atoms with Crippen molar-refractivity contribution in [2.75, 3.05) is 19.0 Å². The number of aryl methyl sites for hydroxylation is 1. The Balaban J connectivity index is 2.44. The van der Waals surface area contributed by atoms with E-state index >= 15 is 0 Å². The minimum atomic E-state index is -0.306. The predicted molar refractivity (Wildman–Crippen MR) is 82.9 cm³/mol. The molecule has 0 spiro atoms. The van der Waals surface area contributed by atoms with Crippen LogP contribution >= 0.6 is 0 Å². The van der Waals surface area contributed by atoms with Crippen LogP contribution in [0.25, 0.3) is 0 Å². The normalized spacial score (nSPS) is 13.0. The highest BCUT2D eigenvalue weighted by Crippen LogP contribution is 2.16. The van der Waals surface area contributed by atoms with Crippen molar-refractivity contribution in [2.45, 2.75) is 45.8 Å². The van der Waals surface area contributed by atoms with Crippen molar-refractivity contribution in [3.05, 3.63) is 29.6 Å². The van der Waals surface area contributed by atoms with Gasteiger partial charge in [-0.15, -0.1) is 0 Å². The number of rotatable bonds is 7. The van der Waals surface area contributed by atoms with Crippen molar-refractivity contribution in [1.82, 2.24) is 5.32 Å². The molecule has 21 heavy (non-hydrogen) atoms. The van der Waals surface area contributed by atoms with Gasteiger partial charge < -0.3 is 15.4 Å². The molecule has 1 atom stereocenters. The van der Waals surface area contributed by atoms with Crippen LogP contribution in [0.5, 0.6) is 0 Å². The molecule has 0 unspecified atom stereocenters. The van der Waals surface area contributed by atoms with Crippen LogP contribution < -0.4 is 10.6 Å². The molecule has 0 heterocycles. The molecule has 4 nitrogen and oxygen atoms in total. The smallest absolute Gasteiger partial charge is 0.238 e. The van der Waals surface area contributed by atoms with E-state index in [0.717, 1.165) is 6.42 Å². The summed E-state index contributed by atoms with van der Waals surface area (Å²) >= 11 is 0.